The second-order valence-corrected chi connectivity index (χ2v) is 9.40. The lowest BCUT2D eigenvalue weighted by Crippen LogP contribution is -2.37. The predicted molar refractivity (Wildman–Crippen MR) is 138 cm³/mol. The van der Waals surface area contributed by atoms with Gasteiger partial charge in [-0.15, -0.1) is 0 Å². The maximum absolute atomic E-state index is 14.2. The summed E-state index contributed by atoms with van der Waals surface area (Å²) in [6.07, 6.45) is 2.11. The molecule has 13 heteroatoms. The number of anilines is 2. The van der Waals surface area contributed by atoms with E-state index >= 15 is 0 Å². The molecule has 0 atom stereocenters. The van der Waals surface area contributed by atoms with Crippen molar-refractivity contribution in [2.24, 2.45) is 5.10 Å². The van der Waals surface area contributed by atoms with E-state index in [0.29, 0.717) is 36.3 Å². The summed E-state index contributed by atoms with van der Waals surface area (Å²) in [7, 11) is 0. The first-order chi connectivity index (χ1) is 17.2. The average molecular weight is 599 g/mol. The highest BCUT2D eigenvalue weighted by Crippen LogP contribution is 2.34. The second kappa shape index (κ2) is 11.4. The Morgan fingerprint density at radius 2 is 2.00 bits per heavy atom. The molecule has 9 nitrogen and oxygen atoms in total. The predicted octanol–water partition coefficient (Wildman–Crippen LogP) is 4.80. The topological polar surface area (TPSA) is 120 Å². The van der Waals surface area contributed by atoms with Crippen molar-refractivity contribution in [3.05, 3.63) is 67.5 Å². The number of aromatic hydroxyl groups is 2. The molecule has 0 unspecified atom stereocenters. The Morgan fingerprint density at radius 1 is 1.25 bits per heavy atom. The zero-order valence-electron chi connectivity index (χ0n) is 18.5. The molecule has 1 aromatic heterocycles. The summed E-state index contributed by atoms with van der Waals surface area (Å²) in [6, 6.07) is 5.97. The second-order valence-electron chi connectivity index (χ2n) is 7.69. The minimum Gasteiger partial charge on any atom is -0.506 e. The first-order valence-electron chi connectivity index (χ1n) is 10.6. The molecule has 1 aliphatic rings. The van der Waals surface area contributed by atoms with Crippen LogP contribution < -0.4 is 10.3 Å². The fourth-order valence-electron chi connectivity index (χ4n) is 3.49. The van der Waals surface area contributed by atoms with Crippen LogP contribution in [0, 0.1) is 5.82 Å². The van der Waals surface area contributed by atoms with Crippen LogP contribution >= 0.6 is 39.1 Å². The summed E-state index contributed by atoms with van der Waals surface area (Å²) in [4.78, 5) is 22.6. The number of nitrogens with one attached hydrogen (secondary N) is 1. The van der Waals surface area contributed by atoms with Gasteiger partial charge in [-0.3, -0.25) is 4.79 Å². The highest BCUT2D eigenvalue weighted by atomic mass is 79.9. The number of morpholine rings is 1. The summed E-state index contributed by atoms with van der Waals surface area (Å²) in [5.41, 5.74) is 3.17. The van der Waals surface area contributed by atoms with Gasteiger partial charge in [0.1, 0.15) is 11.5 Å². The van der Waals surface area contributed by atoms with Gasteiger partial charge >= 0.3 is 0 Å². The van der Waals surface area contributed by atoms with Crippen LogP contribution in [0.25, 0.3) is 0 Å². The molecule has 0 bridgehead atoms. The maximum atomic E-state index is 14.2. The number of ketones is 1. The number of carbonyl (C=O) groups is 1. The normalized spacial score (nSPS) is 13.8. The molecular weight excluding hydrogens is 580 g/mol. The van der Waals surface area contributed by atoms with E-state index in [1.54, 1.807) is 11.0 Å². The van der Waals surface area contributed by atoms with Crippen LogP contribution in [0.4, 0.5) is 16.2 Å². The quantitative estimate of drug-likeness (QED) is 0.201. The van der Waals surface area contributed by atoms with Gasteiger partial charge < -0.3 is 19.8 Å². The molecule has 0 spiro atoms. The van der Waals surface area contributed by atoms with E-state index in [1.165, 1.54) is 24.4 Å². The lowest BCUT2D eigenvalue weighted by molar-refractivity contribution is 0.0991. The van der Waals surface area contributed by atoms with Gasteiger partial charge in [0.2, 0.25) is 5.95 Å². The SMILES string of the molecule is O=C(Cc1cc(Br)cc(Cl)c1O)c1ccc(/C=N\Nc2ncc(F)c(N3CCOCC3)n2)c(O)c1Cl. The minimum absolute atomic E-state index is 0.0546. The van der Waals surface area contributed by atoms with Gasteiger partial charge in [-0.1, -0.05) is 39.1 Å². The molecule has 0 aliphatic carbocycles. The monoisotopic (exact) mass is 597 g/mol. The Hall–Kier alpha value is -2.99. The molecule has 3 N–H and O–H groups in total. The molecule has 188 valence electrons. The van der Waals surface area contributed by atoms with Crippen molar-refractivity contribution in [3.8, 4) is 11.5 Å². The number of phenolic OH excluding ortho intramolecular Hbond substituents is 2. The number of carbonyl (C=O) groups excluding carboxylic acids is 1. The van der Waals surface area contributed by atoms with Gasteiger partial charge in [0.05, 0.1) is 35.7 Å². The van der Waals surface area contributed by atoms with E-state index in [-0.39, 0.29) is 50.9 Å². The number of rotatable bonds is 7. The number of nitrogens with zero attached hydrogens (tertiary/aromatic N) is 4. The molecule has 4 rings (SSSR count). The van der Waals surface area contributed by atoms with Gasteiger partial charge in [0, 0.05) is 40.7 Å². The summed E-state index contributed by atoms with van der Waals surface area (Å²) in [5, 5.41) is 24.5. The Bertz CT molecular complexity index is 1340. The molecular formula is C23H19BrCl2FN5O4. The number of phenols is 2. The van der Waals surface area contributed by atoms with E-state index in [4.69, 9.17) is 27.9 Å². The highest BCUT2D eigenvalue weighted by molar-refractivity contribution is 9.10. The van der Waals surface area contributed by atoms with Gasteiger partial charge in [-0.05, 0) is 24.3 Å². The van der Waals surface area contributed by atoms with E-state index in [2.05, 4.69) is 36.4 Å². The molecule has 1 fully saturated rings. The molecule has 0 saturated carbocycles. The first-order valence-corrected chi connectivity index (χ1v) is 12.2. The number of benzene rings is 2. The van der Waals surface area contributed by atoms with Crippen LogP contribution in [-0.2, 0) is 11.2 Å². The fraction of sp³-hybridized carbons (Fsp3) is 0.217. The number of Topliss-reactive ketones (excluding diaryl/α,β-unsaturated/α-hetero) is 1. The number of halogens is 4. The Morgan fingerprint density at radius 3 is 2.75 bits per heavy atom. The van der Waals surface area contributed by atoms with Crippen LogP contribution in [0.3, 0.4) is 0 Å². The minimum atomic E-state index is -0.561. The number of aromatic nitrogens is 2. The van der Waals surface area contributed by atoms with Gasteiger partial charge in [-0.2, -0.15) is 10.1 Å². The molecule has 1 aliphatic heterocycles. The lowest BCUT2D eigenvalue weighted by Gasteiger charge is -2.27. The van der Waals surface area contributed by atoms with Crippen LogP contribution in [0.2, 0.25) is 10.0 Å². The molecule has 3 aromatic rings. The Kier molecular flexibility index (Phi) is 8.24. The number of ether oxygens (including phenoxy) is 1. The van der Waals surface area contributed by atoms with Crippen molar-refractivity contribution in [2.45, 2.75) is 6.42 Å². The fourth-order valence-corrected chi connectivity index (χ4v) is 4.64. The standard InChI is InChI=1S/C23H19BrCl2FN5O4/c24-14-7-13(20(34)16(25)9-14)8-18(33)15-2-1-12(21(35)19(15)26)10-29-31-23-28-11-17(27)22(30-23)32-3-5-36-6-4-32/h1-2,7,9-11,34-35H,3-6,8H2,(H,28,30,31)/b29-10-. The number of hydrogen-bond acceptors (Lipinski definition) is 9. The van der Waals surface area contributed by atoms with Crippen molar-refractivity contribution in [1.82, 2.24) is 9.97 Å². The molecule has 2 aromatic carbocycles. The largest absolute Gasteiger partial charge is 0.506 e. The van der Waals surface area contributed by atoms with Crippen molar-refractivity contribution in [1.29, 1.82) is 0 Å². The summed E-state index contributed by atoms with van der Waals surface area (Å²) in [6.45, 7) is 1.95. The zero-order valence-corrected chi connectivity index (χ0v) is 21.6. The summed E-state index contributed by atoms with van der Waals surface area (Å²) >= 11 is 15.5. The third-order valence-corrected chi connectivity index (χ3v) is 6.44. The van der Waals surface area contributed by atoms with Crippen molar-refractivity contribution >= 4 is 62.9 Å². The smallest absolute Gasteiger partial charge is 0.245 e. The molecule has 36 heavy (non-hydrogen) atoms. The van der Waals surface area contributed by atoms with E-state index in [9.17, 15) is 19.4 Å². The van der Waals surface area contributed by atoms with Crippen molar-refractivity contribution in [3.63, 3.8) is 0 Å². The lowest BCUT2D eigenvalue weighted by atomic mass is 10.0. The average Bonchev–Trinajstić information content (AvgIpc) is 2.86. The molecule has 0 amide bonds. The van der Waals surface area contributed by atoms with E-state index in [0.717, 1.165) is 6.20 Å². The van der Waals surface area contributed by atoms with Gasteiger partial charge in [-0.25, -0.2) is 14.8 Å². The van der Waals surface area contributed by atoms with Gasteiger partial charge in [0.15, 0.2) is 17.4 Å². The number of hydrazone groups is 1. The van der Waals surface area contributed by atoms with Crippen molar-refractivity contribution in [2.75, 3.05) is 36.6 Å². The van der Waals surface area contributed by atoms with Gasteiger partial charge in [0.25, 0.3) is 0 Å². The van der Waals surface area contributed by atoms with Crippen LogP contribution in [0.1, 0.15) is 21.5 Å². The third-order valence-electron chi connectivity index (χ3n) is 5.31. The highest BCUT2D eigenvalue weighted by Gasteiger charge is 2.20. The van der Waals surface area contributed by atoms with Crippen molar-refractivity contribution < 1.29 is 24.1 Å². The van der Waals surface area contributed by atoms with Crippen LogP contribution in [-0.4, -0.2) is 58.5 Å². The molecule has 2 heterocycles. The van der Waals surface area contributed by atoms with Crippen LogP contribution in [0.15, 0.2) is 40.0 Å². The third kappa shape index (κ3) is 5.86. The Labute approximate surface area is 223 Å². The molecule has 1 saturated heterocycles. The Balaban J connectivity index is 1.47. The molecule has 0 radical (unpaired) electrons. The first kappa shape index (κ1) is 26.1. The van der Waals surface area contributed by atoms with Crippen LogP contribution in [0.5, 0.6) is 11.5 Å². The maximum Gasteiger partial charge on any atom is 0.245 e. The summed E-state index contributed by atoms with van der Waals surface area (Å²) in [5.74, 6) is -1.37. The summed E-state index contributed by atoms with van der Waals surface area (Å²) < 4.78 is 20.0. The number of hydrogen-bond donors (Lipinski definition) is 3. The van der Waals surface area contributed by atoms with E-state index < -0.39 is 11.6 Å². The zero-order chi connectivity index (χ0) is 25.8. The van der Waals surface area contributed by atoms with E-state index in [1.807, 2.05) is 0 Å².